The minimum Gasteiger partial charge on any atom is -0.345 e. The van der Waals surface area contributed by atoms with E-state index >= 15 is 0 Å². The average molecular weight is 498 g/mol. The van der Waals surface area contributed by atoms with Gasteiger partial charge in [-0.1, -0.05) is 23.9 Å². The zero-order chi connectivity index (χ0) is 25.1. The molecule has 0 fully saturated rings. The van der Waals surface area contributed by atoms with E-state index in [0.29, 0.717) is 23.2 Å². The first-order valence-electron chi connectivity index (χ1n) is 10.8. The second kappa shape index (κ2) is 10.1. The molecule has 0 spiro atoms. The van der Waals surface area contributed by atoms with Gasteiger partial charge < -0.3 is 15.2 Å². The Morgan fingerprint density at radius 2 is 1.80 bits per heavy atom. The first-order chi connectivity index (χ1) is 16.8. The highest BCUT2D eigenvalue weighted by molar-refractivity contribution is 7.99. The van der Waals surface area contributed by atoms with Crippen molar-refractivity contribution in [2.75, 3.05) is 11.1 Å². The quantitative estimate of drug-likeness (QED) is 0.361. The van der Waals surface area contributed by atoms with E-state index in [1.807, 2.05) is 6.92 Å². The molecule has 2 heterocycles. The number of carbonyl (C=O) groups excluding carboxylic acids is 2. The summed E-state index contributed by atoms with van der Waals surface area (Å²) in [6.07, 6.45) is 0. The number of nitrogens with one attached hydrogen (secondary N) is 2. The second-order valence-corrected chi connectivity index (χ2v) is 8.69. The number of fused-ring (bicyclic) bond motifs is 1. The molecule has 0 aliphatic heterocycles. The zero-order valence-electron chi connectivity index (χ0n) is 19.4. The largest absolute Gasteiger partial charge is 0.345 e. The molecular formula is C23H24FN7O3S. The Labute approximate surface area is 204 Å². The number of amides is 2. The lowest BCUT2D eigenvalue weighted by atomic mass is 10.2. The summed E-state index contributed by atoms with van der Waals surface area (Å²) in [5.41, 5.74) is 1.89. The van der Waals surface area contributed by atoms with Crippen LogP contribution in [0.5, 0.6) is 0 Å². The maximum Gasteiger partial charge on any atom is 0.328 e. The number of anilines is 1. The molecular weight excluding hydrogens is 473 g/mol. The monoisotopic (exact) mass is 497 g/mol. The Hall–Kier alpha value is -3.93. The molecule has 0 saturated carbocycles. The van der Waals surface area contributed by atoms with Crippen LogP contribution in [0.25, 0.3) is 11.0 Å². The summed E-state index contributed by atoms with van der Waals surface area (Å²) < 4.78 is 18.7. The van der Waals surface area contributed by atoms with Gasteiger partial charge >= 0.3 is 5.69 Å². The standard InChI is InChI=1S/C23H24FN7O3S/c1-4-31-19(12-25-21(33)15-7-5-6-8-16(15)24)27-28-22(31)35-13-20(32)26-14-9-10-17-18(11-14)30(3)23(34)29(17)2/h5-11H,4,12-13H2,1-3H3,(H,25,33)(H,26,32). The van der Waals surface area contributed by atoms with Crippen LogP contribution in [0, 0.1) is 5.82 Å². The molecule has 4 rings (SSSR count). The van der Waals surface area contributed by atoms with Crippen LogP contribution in [-0.2, 0) is 32.0 Å². The third kappa shape index (κ3) is 4.97. The van der Waals surface area contributed by atoms with Gasteiger partial charge in [0.05, 0.1) is 28.9 Å². The minimum absolute atomic E-state index is 0.0462. The molecule has 10 nitrogen and oxygen atoms in total. The van der Waals surface area contributed by atoms with Crippen LogP contribution in [0.4, 0.5) is 10.1 Å². The number of rotatable bonds is 8. The lowest BCUT2D eigenvalue weighted by Gasteiger charge is -2.09. The number of hydrogen-bond donors (Lipinski definition) is 2. The summed E-state index contributed by atoms with van der Waals surface area (Å²) in [6, 6.07) is 11.0. The summed E-state index contributed by atoms with van der Waals surface area (Å²) in [5.74, 6) is -0.801. The molecule has 182 valence electrons. The van der Waals surface area contributed by atoms with Crippen molar-refractivity contribution >= 4 is 40.3 Å². The Morgan fingerprint density at radius 3 is 2.54 bits per heavy atom. The smallest absolute Gasteiger partial charge is 0.328 e. The van der Waals surface area contributed by atoms with Crippen LogP contribution in [0.15, 0.2) is 52.4 Å². The molecule has 12 heteroatoms. The molecule has 0 aliphatic carbocycles. The van der Waals surface area contributed by atoms with E-state index in [4.69, 9.17) is 0 Å². The molecule has 35 heavy (non-hydrogen) atoms. The van der Waals surface area contributed by atoms with E-state index in [9.17, 15) is 18.8 Å². The van der Waals surface area contributed by atoms with Gasteiger partial charge in [0.2, 0.25) is 5.91 Å². The molecule has 2 N–H and O–H groups in total. The third-order valence-corrected chi connectivity index (χ3v) is 6.49. The van der Waals surface area contributed by atoms with E-state index in [0.717, 1.165) is 11.0 Å². The van der Waals surface area contributed by atoms with Crippen LogP contribution in [-0.4, -0.2) is 41.5 Å². The highest BCUT2D eigenvalue weighted by Crippen LogP contribution is 2.20. The fourth-order valence-electron chi connectivity index (χ4n) is 3.69. The van der Waals surface area contributed by atoms with Crippen molar-refractivity contribution in [3.05, 3.63) is 70.2 Å². The number of imidazole rings is 1. The number of halogens is 1. The predicted octanol–water partition coefficient (Wildman–Crippen LogP) is 2.29. The molecule has 2 aromatic heterocycles. The first-order valence-corrected chi connectivity index (χ1v) is 11.8. The summed E-state index contributed by atoms with van der Waals surface area (Å²) in [5, 5.41) is 14.2. The van der Waals surface area contributed by atoms with Gasteiger partial charge in [-0.25, -0.2) is 9.18 Å². The summed E-state index contributed by atoms with van der Waals surface area (Å²) in [4.78, 5) is 36.9. The van der Waals surface area contributed by atoms with Gasteiger partial charge in [0.25, 0.3) is 5.91 Å². The van der Waals surface area contributed by atoms with Crippen molar-refractivity contribution in [3.8, 4) is 0 Å². The van der Waals surface area contributed by atoms with Crippen molar-refractivity contribution < 1.29 is 14.0 Å². The topological polar surface area (TPSA) is 116 Å². The highest BCUT2D eigenvalue weighted by Gasteiger charge is 2.16. The Morgan fingerprint density at radius 1 is 1.06 bits per heavy atom. The fraction of sp³-hybridized carbons (Fsp3) is 0.261. The van der Waals surface area contributed by atoms with Crippen molar-refractivity contribution in [1.29, 1.82) is 0 Å². The Balaban J connectivity index is 1.37. The number of aromatic nitrogens is 5. The number of benzene rings is 2. The average Bonchev–Trinajstić information content (AvgIpc) is 3.35. The van der Waals surface area contributed by atoms with E-state index in [1.165, 1.54) is 34.5 Å². The van der Waals surface area contributed by atoms with E-state index in [2.05, 4.69) is 20.8 Å². The van der Waals surface area contributed by atoms with Gasteiger partial charge in [-0.3, -0.25) is 18.7 Å². The SMILES string of the molecule is CCn1c(CNC(=O)c2ccccc2F)nnc1SCC(=O)Nc1ccc2c(c1)n(C)c(=O)n2C. The van der Waals surface area contributed by atoms with Crippen LogP contribution in [0.1, 0.15) is 23.1 Å². The summed E-state index contributed by atoms with van der Waals surface area (Å²) >= 11 is 1.21. The molecule has 0 bridgehead atoms. The van der Waals surface area contributed by atoms with E-state index < -0.39 is 11.7 Å². The summed E-state index contributed by atoms with van der Waals surface area (Å²) in [7, 11) is 3.38. The molecule has 0 atom stereocenters. The maximum atomic E-state index is 13.8. The first kappa shape index (κ1) is 24.2. The normalized spacial score (nSPS) is 11.1. The second-order valence-electron chi connectivity index (χ2n) is 7.75. The van der Waals surface area contributed by atoms with Gasteiger partial charge in [-0.2, -0.15) is 0 Å². The van der Waals surface area contributed by atoms with Crippen LogP contribution >= 0.6 is 11.8 Å². The lowest BCUT2D eigenvalue weighted by molar-refractivity contribution is -0.113. The van der Waals surface area contributed by atoms with Gasteiger partial charge in [-0.15, -0.1) is 10.2 Å². The number of hydrogen-bond acceptors (Lipinski definition) is 6. The van der Waals surface area contributed by atoms with Crippen molar-refractivity contribution in [2.24, 2.45) is 14.1 Å². The number of aryl methyl sites for hydroxylation is 2. The zero-order valence-corrected chi connectivity index (χ0v) is 20.2. The molecule has 0 unspecified atom stereocenters. The molecule has 0 aliphatic rings. The molecule has 2 aromatic carbocycles. The molecule has 0 radical (unpaired) electrons. The van der Waals surface area contributed by atoms with Gasteiger partial charge in [0, 0.05) is 26.3 Å². The fourth-order valence-corrected chi connectivity index (χ4v) is 4.51. The molecule has 4 aromatic rings. The van der Waals surface area contributed by atoms with Crippen LogP contribution < -0.4 is 16.3 Å². The van der Waals surface area contributed by atoms with E-state index in [-0.39, 0.29) is 29.5 Å². The minimum atomic E-state index is -0.599. The lowest BCUT2D eigenvalue weighted by Crippen LogP contribution is -2.25. The van der Waals surface area contributed by atoms with E-state index in [1.54, 1.807) is 47.5 Å². The Bertz CT molecular complexity index is 1470. The van der Waals surface area contributed by atoms with Gasteiger partial charge in [0.15, 0.2) is 11.0 Å². The highest BCUT2D eigenvalue weighted by atomic mass is 32.2. The van der Waals surface area contributed by atoms with Crippen molar-refractivity contribution in [2.45, 2.75) is 25.2 Å². The number of nitrogens with zero attached hydrogens (tertiary/aromatic N) is 5. The van der Waals surface area contributed by atoms with Crippen LogP contribution in [0.3, 0.4) is 0 Å². The molecule has 0 saturated heterocycles. The van der Waals surface area contributed by atoms with Crippen molar-refractivity contribution in [3.63, 3.8) is 0 Å². The molecule has 2 amide bonds. The van der Waals surface area contributed by atoms with Gasteiger partial charge in [-0.05, 0) is 37.3 Å². The van der Waals surface area contributed by atoms with Crippen LogP contribution in [0.2, 0.25) is 0 Å². The maximum absolute atomic E-state index is 13.8. The van der Waals surface area contributed by atoms with Gasteiger partial charge in [0.1, 0.15) is 5.82 Å². The predicted molar refractivity (Wildman–Crippen MR) is 131 cm³/mol. The van der Waals surface area contributed by atoms with Crippen molar-refractivity contribution in [1.82, 2.24) is 29.2 Å². The summed E-state index contributed by atoms with van der Waals surface area (Å²) in [6.45, 7) is 2.49. The number of thioether (sulfide) groups is 1. The number of carbonyl (C=O) groups is 2. The third-order valence-electron chi connectivity index (χ3n) is 5.52. The Kier molecular flexibility index (Phi) is 7.01.